The first-order valence-corrected chi connectivity index (χ1v) is 8.14. The van der Waals surface area contributed by atoms with Crippen molar-refractivity contribution in [2.24, 2.45) is 0 Å². The molecular weight excluding hydrogens is 290 g/mol. The van der Waals surface area contributed by atoms with Crippen LogP contribution in [-0.2, 0) is 4.79 Å². The van der Waals surface area contributed by atoms with Gasteiger partial charge in [-0.2, -0.15) is 10.2 Å². The molecule has 23 heavy (non-hydrogen) atoms. The maximum atomic E-state index is 12.3. The van der Waals surface area contributed by atoms with Crippen LogP contribution in [0.5, 0.6) is 0 Å². The predicted octanol–water partition coefficient (Wildman–Crippen LogP) is 3.17. The molecule has 126 valence electrons. The lowest BCUT2D eigenvalue weighted by molar-refractivity contribution is -0.122. The number of carbonyl (C=O) groups excluding carboxylic acids is 1. The third-order valence-corrected chi connectivity index (χ3v) is 4.20. The molecule has 2 atom stereocenters. The van der Waals surface area contributed by atoms with E-state index in [9.17, 15) is 4.79 Å². The molecule has 0 saturated heterocycles. The van der Waals surface area contributed by atoms with Gasteiger partial charge in [0.05, 0.1) is 17.9 Å². The van der Waals surface area contributed by atoms with Gasteiger partial charge in [-0.1, -0.05) is 6.92 Å². The van der Waals surface area contributed by atoms with E-state index in [2.05, 4.69) is 41.4 Å². The molecule has 2 N–H and O–H groups in total. The summed E-state index contributed by atoms with van der Waals surface area (Å²) in [6.45, 7) is 12.2. The highest BCUT2D eigenvalue weighted by Gasteiger charge is 2.19. The molecule has 0 aliphatic rings. The summed E-state index contributed by atoms with van der Waals surface area (Å²) in [5.41, 5.74) is 4.17. The van der Waals surface area contributed by atoms with Crippen molar-refractivity contribution in [3.8, 4) is 0 Å². The number of H-pyrrole nitrogens is 1. The van der Waals surface area contributed by atoms with Crippen molar-refractivity contribution in [1.29, 1.82) is 0 Å². The molecule has 2 heterocycles. The SMILES string of the molecule is Cc1n[nH]c(C)c1[C@@H](C)CC(=O)N[C@@H](C)c1cnn(C(C)C)c1. The van der Waals surface area contributed by atoms with Crippen LogP contribution in [0.25, 0.3) is 0 Å². The number of hydrogen-bond acceptors (Lipinski definition) is 3. The Morgan fingerprint density at radius 3 is 2.52 bits per heavy atom. The highest BCUT2D eigenvalue weighted by Crippen LogP contribution is 2.24. The Hall–Kier alpha value is -2.11. The molecule has 2 rings (SSSR count). The fourth-order valence-corrected chi connectivity index (χ4v) is 2.91. The van der Waals surface area contributed by atoms with Crippen molar-refractivity contribution in [2.45, 2.75) is 66.0 Å². The Kier molecular flexibility index (Phi) is 5.23. The van der Waals surface area contributed by atoms with E-state index >= 15 is 0 Å². The minimum atomic E-state index is -0.0475. The summed E-state index contributed by atoms with van der Waals surface area (Å²) in [6.07, 6.45) is 4.26. The molecule has 0 aromatic carbocycles. The lowest BCUT2D eigenvalue weighted by atomic mass is 9.95. The van der Waals surface area contributed by atoms with Crippen LogP contribution in [0.2, 0.25) is 0 Å². The van der Waals surface area contributed by atoms with E-state index in [0.29, 0.717) is 12.5 Å². The van der Waals surface area contributed by atoms with Crippen molar-refractivity contribution >= 4 is 5.91 Å². The molecule has 0 bridgehead atoms. The van der Waals surface area contributed by atoms with Gasteiger partial charge in [-0.05, 0) is 46.1 Å². The standard InChI is InChI=1S/C17H27N5O/c1-10(2)22-9-15(8-18-22)12(4)19-16(23)7-11(3)17-13(5)20-21-14(17)6/h8-12H,7H2,1-6H3,(H,19,23)(H,20,21)/t11-,12-/m0/s1. The van der Waals surface area contributed by atoms with Crippen LogP contribution in [0.3, 0.4) is 0 Å². The summed E-state index contributed by atoms with van der Waals surface area (Å²) in [4.78, 5) is 12.3. The van der Waals surface area contributed by atoms with Crippen molar-refractivity contribution < 1.29 is 4.79 Å². The molecule has 0 aliphatic carbocycles. The third kappa shape index (κ3) is 4.00. The average molecular weight is 317 g/mol. The van der Waals surface area contributed by atoms with Crippen LogP contribution in [0.15, 0.2) is 12.4 Å². The van der Waals surface area contributed by atoms with Gasteiger partial charge in [-0.3, -0.25) is 14.6 Å². The molecule has 1 amide bonds. The van der Waals surface area contributed by atoms with Gasteiger partial charge >= 0.3 is 0 Å². The van der Waals surface area contributed by atoms with E-state index in [1.165, 1.54) is 0 Å². The number of rotatable bonds is 6. The molecule has 2 aromatic heterocycles. The summed E-state index contributed by atoms with van der Waals surface area (Å²) in [5, 5.41) is 14.6. The number of hydrogen-bond donors (Lipinski definition) is 2. The molecule has 6 nitrogen and oxygen atoms in total. The lowest BCUT2D eigenvalue weighted by Crippen LogP contribution is -2.27. The normalized spacial score (nSPS) is 14.0. The summed E-state index contributed by atoms with van der Waals surface area (Å²) in [6, 6.07) is 0.271. The first-order valence-electron chi connectivity index (χ1n) is 8.14. The molecular formula is C17H27N5O. The summed E-state index contributed by atoms with van der Waals surface area (Å²) in [5.74, 6) is 0.182. The summed E-state index contributed by atoms with van der Waals surface area (Å²) < 4.78 is 1.90. The zero-order valence-electron chi connectivity index (χ0n) is 14.8. The predicted molar refractivity (Wildman–Crippen MR) is 90.3 cm³/mol. The number of carbonyl (C=O) groups is 1. The molecule has 0 unspecified atom stereocenters. The second-order valence-corrected chi connectivity index (χ2v) is 6.59. The summed E-state index contributed by atoms with van der Waals surface area (Å²) >= 11 is 0. The van der Waals surface area contributed by atoms with Gasteiger partial charge in [0.2, 0.25) is 5.91 Å². The Morgan fingerprint density at radius 1 is 1.30 bits per heavy atom. The van der Waals surface area contributed by atoms with Gasteiger partial charge in [0.15, 0.2) is 0 Å². The van der Waals surface area contributed by atoms with Crippen LogP contribution in [0.1, 0.15) is 74.6 Å². The van der Waals surface area contributed by atoms with Gasteiger partial charge in [-0.15, -0.1) is 0 Å². The Balaban J connectivity index is 1.96. The van der Waals surface area contributed by atoms with Crippen LogP contribution in [0.4, 0.5) is 0 Å². The van der Waals surface area contributed by atoms with Gasteiger partial charge in [0.1, 0.15) is 0 Å². The largest absolute Gasteiger partial charge is 0.349 e. The van der Waals surface area contributed by atoms with E-state index in [-0.39, 0.29) is 17.9 Å². The molecule has 6 heteroatoms. The second-order valence-electron chi connectivity index (χ2n) is 6.59. The molecule has 0 fully saturated rings. The zero-order valence-corrected chi connectivity index (χ0v) is 14.8. The number of aromatic nitrogens is 4. The number of nitrogens with one attached hydrogen (secondary N) is 2. The quantitative estimate of drug-likeness (QED) is 0.859. The van der Waals surface area contributed by atoms with Crippen molar-refractivity contribution in [1.82, 2.24) is 25.3 Å². The fraction of sp³-hybridized carbons (Fsp3) is 0.588. The van der Waals surface area contributed by atoms with Crippen LogP contribution < -0.4 is 5.32 Å². The first kappa shape index (κ1) is 17.2. The topological polar surface area (TPSA) is 75.6 Å². The minimum Gasteiger partial charge on any atom is -0.349 e. The van der Waals surface area contributed by atoms with Crippen LogP contribution in [0, 0.1) is 13.8 Å². The van der Waals surface area contributed by atoms with E-state index < -0.39 is 0 Å². The fourth-order valence-electron chi connectivity index (χ4n) is 2.91. The lowest BCUT2D eigenvalue weighted by Gasteiger charge is -2.16. The smallest absolute Gasteiger partial charge is 0.221 e. The Labute approximate surface area is 137 Å². The molecule has 0 radical (unpaired) electrons. The highest BCUT2D eigenvalue weighted by molar-refractivity contribution is 5.77. The van der Waals surface area contributed by atoms with Gasteiger partial charge < -0.3 is 5.32 Å². The molecule has 0 saturated carbocycles. The summed E-state index contributed by atoms with van der Waals surface area (Å²) in [7, 11) is 0. The highest BCUT2D eigenvalue weighted by atomic mass is 16.1. The minimum absolute atomic E-state index is 0.0438. The van der Waals surface area contributed by atoms with E-state index in [0.717, 1.165) is 22.5 Å². The monoisotopic (exact) mass is 317 g/mol. The second kappa shape index (κ2) is 6.98. The maximum absolute atomic E-state index is 12.3. The number of amides is 1. The van der Waals surface area contributed by atoms with Crippen LogP contribution >= 0.6 is 0 Å². The molecule has 0 aliphatic heterocycles. The number of aryl methyl sites for hydroxylation is 2. The number of nitrogens with zero attached hydrogens (tertiary/aromatic N) is 3. The zero-order chi connectivity index (χ0) is 17.1. The van der Waals surface area contributed by atoms with E-state index in [1.807, 2.05) is 37.8 Å². The van der Waals surface area contributed by atoms with Gasteiger partial charge in [0.25, 0.3) is 0 Å². The maximum Gasteiger partial charge on any atom is 0.221 e. The van der Waals surface area contributed by atoms with E-state index in [4.69, 9.17) is 0 Å². The average Bonchev–Trinajstić information content (AvgIpc) is 3.06. The Morgan fingerprint density at radius 2 is 2.00 bits per heavy atom. The van der Waals surface area contributed by atoms with Crippen molar-refractivity contribution in [3.05, 3.63) is 34.9 Å². The van der Waals surface area contributed by atoms with E-state index in [1.54, 1.807) is 0 Å². The Bertz CT molecular complexity index is 651. The first-order chi connectivity index (χ1) is 10.8. The van der Waals surface area contributed by atoms with Crippen molar-refractivity contribution in [2.75, 3.05) is 0 Å². The third-order valence-electron chi connectivity index (χ3n) is 4.20. The van der Waals surface area contributed by atoms with Gasteiger partial charge in [-0.25, -0.2) is 0 Å². The molecule has 0 spiro atoms. The van der Waals surface area contributed by atoms with Crippen molar-refractivity contribution in [3.63, 3.8) is 0 Å². The number of aromatic amines is 1. The van der Waals surface area contributed by atoms with Crippen LogP contribution in [-0.4, -0.2) is 25.9 Å². The molecule has 2 aromatic rings. The van der Waals surface area contributed by atoms with Gasteiger partial charge in [0, 0.05) is 29.9 Å².